The van der Waals surface area contributed by atoms with Crippen LogP contribution in [0.2, 0.25) is 0 Å². The topological polar surface area (TPSA) is 58.9 Å². The van der Waals surface area contributed by atoms with Gasteiger partial charge < -0.3 is 19.7 Å². The number of fused-ring (bicyclic) bond motifs is 1. The molecule has 2 rings (SSSR count). The van der Waals surface area contributed by atoms with Gasteiger partial charge >= 0.3 is 0 Å². The Labute approximate surface area is 87.6 Å². The van der Waals surface area contributed by atoms with E-state index in [1.807, 2.05) is 13.8 Å². The molecule has 0 aromatic carbocycles. The molecule has 0 aliphatic carbocycles. The van der Waals surface area contributed by atoms with Gasteiger partial charge in [-0.25, -0.2) is 0 Å². The molecule has 2 aliphatic heterocycles. The standard InChI is InChI=1S/C9H16O4S/c1-9(2)12-6-4-14-8(5(11)3-10)7(6)13-9/h5-8,10-11H,3-4H2,1-2H3/t5?,6?,7-,8+/m0/s1. The summed E-state index contributed by atoms with van der Waals surface area (Å²) in [6.07, 6.45) is -0.745. The lowest BCUT2D eigenvalue weighted by Crippen LogP contribution is -2.38. The van der Waals surface area contributed by atoms with Crippen molar-refractivity contribution in [3.05, 3.63) is 0 Å². The van der Waals surface area contributed by atoms with Crippen molar-refractivity contribution >= 4 is 11.8 Å². The summed E-state index contributed by atoms with van der Waals surface area (Å²) in [4.78, 5) is 0. The fraction of sp³-hybridized carbons (Fsp3) is 1.00. The van der Waals surface area contributed by atoms with E-state index in [0.717, 1.165) is 5.75 Å². The minimum Gasteiger partial charge on any atom is -0.394 e. The van der Waals surface area contributed by atoms with Crippen molar-refractivity contribution in [1.29, 1.82) is 0 Å². The lowest BCUT2D eigenvalue weighted by atomic mass is 10.1. The van der Waals surface area contributed by atoms with E-state index < -0.39 is 11.9 Å². The summed E-state index contributed by atoms with van der Waals surface area (Å²) in [5, 5.41) is 18.4. The van der Waals surface area contributed by atoms with Crippen molar-refractivity contribution < 1.29 is 19.7 Å². The number of aliphatic hydroxyl groups is 2. The third-order valence-electron chi connectivity index (χ3n) is 2.56. The van der Waals surface area contributed by atoms with E-state index in [2.05, 4.69) is 0 Å². The zero-order valence-electron chi connectivity index (χ0n) is 8.34. The van der Waals surface area contributed by atoms with Gasteiger partial charge in [-0.15, -0.1) is 0 Å². The van der Waals surface area contributed by atoms with Crippen molar-refractivity contribution in [3.63, 3.8) is 0 Å². The molecule has 4 nitrogen and oxygen atoms in total. The van der Waals surface area contributed by atoms with Gasteiger partial charge in [0.2, 0.25) is 0 Å². The molecule has 5 heteroatoms. The van der Waals surface area contributed by atoms with Gasteiger partial charge in [0.15, 0.2) is 5.79 Å². The maximum Gasteiger partial charge on any atom is 0.163 e. The van der Waals surface area contributed by atoms with Gasteiger partial charge in [-0.05, 0) is 13.8 Å². The van der Waals surface area contributed by atoms with Crippen LogP contribution in [0.15, 0.2) is 0 Å². The van der Waals surface area contributed by atoms with Crippen molar-refractivity contribution in [1.82, 2.24) is 0 Å². The molecule has 2 aliphatic rings. The van der Waals surface area contributed by atoms with Crippen LogP contribution in [0.5, 0.6) is 0 Å². The van der Waals surface area contributed by atoms with Crippen LogP contribution in [-0.4, -0.2) is 51.9 Å². The predicted molar refractivity (Wildman–Crippen MR) is 53.2 cm³/mol. The minimum atomic E-state index is -0.715. The minimum absolute atomic E-state index is 0.0567. The Bertz CT molecular complexity index is 221. The third-order valence-corrected chi connectivity index (χ3v) is 4.05. The van der Waals surface area contributed by atoms with Gasteiger partial charge in [0, 0.05) is 5.75 Å². The molecule has 0 bridgehead atoms. The summed E-state index contributed by atoms with van der Waals surface area (Å²) < 4.78 is 11.4. The molecule has 2 unspecified atom stereocenters. The van der Waals surface area contributed by atoms with Crippen LogP contribution < -0.4 is 0 Å². The Morgan fingerprint density at radius 3 is 2.86 bits per heavy atom. The van der Waals surface area contributed by atoms with E-state index in [9.17, 15) is 5.11 Å². The van der Waals surface area contributed by atoms with Gasteiger partial charge in [0.1, 0.15) is 6.10 Å². The molecule has 2 fully saturated rings. The summed E-state index contributed by atoms with van der Waals surface area (Å²) in [6.45, 7) is 3.53. The quantitative estimate of drug-likeness (QED) is 0.684. The van der Waals surface area contributed by atoms with Crippen LogP contribution in [0.4, 0.5) is 0 Å². The average molecular weight is 220 g/mol. The lowest BCUT2D eigenvalue weighted by Gasteiger charge is -2.23. The van der Waals surface area contributed by atoms with Gasteiger partial charge in [-0.1, -0.05) is 0 Å². The molecule has 14 heavy (non-hydrogen) atoms. The number of hydrogen-bond acceptors (Lipinski definition) is 5. The van der Waals surface area contributed by atoms with E-state index in [4.69, 9.17) is 14.6 Å². The van der Waals surface area contributed by atoms with E-state index in [0.29, 0.717) is 0 Å². The molecule has 0 saturated carbocycles. The molecule has 0 radical (unpaired) electrons. The van der Waals surface area contributed by atoms with E-state index in [1.54, 1.807) is 11.8 Å². The van der Waals surface area contributed by atoms with Crippen LogP contribution in [0.3, 0.4) is 0 Å². The fourth-order valence-corrected chi connectivity index (χ4v) is 3.40. The number of rotatable bonds is 2. The van der Waals surface area contributed by atoms with Gasteiger partial charge in [0.25, 0.3) is 0 Å². The van der Waals surface area contributed by atoms with Crippen LogP contribution in [0, 0.1) is 0 Å². The first-order valence-corrected chi connectivity index (χ1v) is 5.84. The molecule has 0 amide bonds. The van der Waals surface area contributed by atoms with E-state index in [-0.39, 0.29) is 24.1 Å². The highest BCUT2D eigenvalue weighted by Crippen LogP contribution is 2.42. The van der Waals surface area contributed by atoms with Crippen LogP contribution in [0.1, 0.15) is 13.8 Å². The third kappa shape index (κ3) is 1.79. The Kier molecular flexibility index (Phi) is 2.79. The largest absolute Gasteiger partial charge is 0.394 e. The SMILES string of the molecule is CC1(C)OC2CS[C@H](C(O)CO)[C@H]2O1. The molecule has 2 heterocycles. The predicted octanol–water partition coefficient (Wildman–Crippen LogP) is -0.0249. The van der Waals surface area contributed by atoms with Gasteiger partial charge in [0.05, 0.1) is 24.1 Å². The molecular weight excluding hydrogens is 204 g/mol. The van der Waals surface area contributed by atoms with Crippen LogP contribution in [-0.2, 0) is 9.47 Å². The molecule has 0 aromatic heterocycles. The Balaban J connectivity index is 2.04. The Hall–Kier alpha value is 0.190. The highest BCUT2D eigenvalue weighted by Gasteiger charge is 2.51. The summed E-state index contributed by atoms with van der Waals surface area (Å²) in [6, 6.07) is 0. The second-order valence-electron chi connectivity index (χ2n) is 4.19. The van der Waals surface area contributed by atoms with Crippen molar-refractivity contribution in [3.8, 4) is 0 Å². The number of ether oxygens (including phenoxy) is 2. The fourth-order valence-electron chi connectivity index (χ4n) is 2.01. The number of thioether (sulfide) groups is 1. The summed E-state index contributed by atoms with van der Waals surface area (Å²) >= 11 is 1.61. The number of hydrogen-bond donors (Lipinski definition) is 2. The highest BCUT2D eigenvalue weighted by atomic mass is 32.2. The zero-order chi connectivity index (χ0) is 10.3. The van der Waals surface area contributed by atoms with Crippen molar-refractivity contribution in [2.75, 3.05) is 12.4 Å². The van der Waals surface area contributed by atoms with Crippen molar-refractivity contribution in [2.45, 2.75) is 43.2 Å². The monoisotopic (exact) mass is 220 g/mol. The molecule has 0 spiro atoms. The van der Waals surface area contributed by atoms with Crippen LogP contribution in [0.25, 0.3) is 0 Å². The molecule has 4 atom stereocenters. The van der Waals surface area contributed by atoms with Gasteiger partial charge in [-0.3, -0.25) is 0 Å². The van der Waals surface area contributed by atoms with Crippen molar-refractivity contribution in [2.24, 2.45) is 0 Å². The van der Waals surface area contributed by atoms with Gasteiger partial charge in [-0.2, -0.15) is 11.8 Å². The molecule has 0 aromatic rings. The normalized spacial score (nSPS) is 42.4. The Morgan fingerprint density at radius 2 is 2.21 bits per heavy atom. The molecular formula is C9H16O4S. The van der Waals surface area contributed by atoms with Crippen LogP contribution >= 0.6 is 11.8 Å². The first-order chi connectivity index (χ1) is 6.53. The zero-order valence-corrected chi connectivity index (χ0v) is 9.16. The first kappa shape index (κ1) is 10.7. The average Bonchev–Trinajstić information content (AvgIpc) is 2.58. The van der Waals surface area contributed by atoms with E-state index in [1.165, 1.54) is 0 Å². The Morgan fingerprint density at radius 1 is 1.50 bits per heavy atom. The smallest absolute Gasteiger partial charge is 0.163 e. The summed E-state index contributed by atoms with van der Waals surface area (Å²) in [7, 11) is 0. The summed E-state index contributed by atoms with van der Waals surface area (Å²) in [5.74, 6) is 0.277. The number of aliphatic hydroxyl groups excluding tert-OH is 2. The van der Waals surface area contributed by atoms with E-state index >= 15 is 0 Å². The highest BCUT2D eigenvalue weighted by molar-refractivity contribution is 8.00. The lowest BCUT2D eigenvalue weighted by molar-refractivity contribution is -0.147. The summed E-state index contributed by atoms with van der Waals surface area (Å²) in [5.41, 5.74) is 0. The molecule has 2 saturated heterocycles. The molecule has 2 N–H and O–H groups in total. The molecule has 82 valence electrons. The first-order valence-electron chi connectivity index (χ1n) is 4.79. The second kappa shape index (κ2) is 3.64. The second-order valence-corrected chi connectivity index (χ2v) is 5.40. The maximum atomic E-state index is 9.57. The maximum absolute atomic E-state index is 9.57.